The molecule has 2 aromatic carbocycles. The van der Waals surface area contributed by atoms with Gasteiger partial charge >= 0.3 is 0 Å². The Balaban J connectivity index is 2.09. The number of nitrogens with one attached hydrogen (secondary N) is 1. The van der Waals surface area contributed by atoms with E-state index in [4.69, 9.17) is 23.2 Å². The number of benzene rings is 2. The molecule has 0 radical (unpaired) electrons. The molecule has 2 rings (SSSR count). The fourth-order valence-corrected chi connectivity index (χ4v) is 3.11. The predicted molar refractivity (Wildman–Crippen MR) is 83.6 cm³/mol. The number of hydrogen-bond donors (Lipinski definition) is 1. The maximum Gasteiger partial charge on any atom is 0.239 e. The van der Waals surface area contributed by atoms with Crippen LogP contribution in [0.25, 0.3) is 0 Å². The molecule has 110 valence electrons. The zero-order valence-corrected chi connectivity index (χ0v) is 13.0. The van der Waals surface area contributed by atoms with Crippen molar-refractivity contribution in [1.29, 1.82) is 0 Å². The second kappa shape index (κ2) is 6.47. The van der Waals surface area contributed by atoms with E-state index in [1.54, 1.807) is 18.2 Å². The highest BCUT2D eigenvalue weighted by molar-refractivity contribution is 7.92. The van der Waals surface area contributed by atoms with Crippen molar-refractivity contribution < 1.29 is 13.2 Å². The third-order valence-corrected chi connectivity index (χ3v) is 4.72. The minimum Gasteiger partial charge on any atom is -0.325 e. The topological polar surface area (TPSA) is 63.2 Å². The van der Waals surface area contributed by atoms with E-state index in [-0.39, 0.29) is 4.90 Å². The number of carbonyl (C=O) groups is 1. The zero-order valence-electron chi connectivity index (χ0n) is 10.7. The monoisotopic (exact) mass is 343 g/mol. The lowest BCUT2D eigenvalue weighted by Crippen LogP contribution is -2.23. The van der Waals surface area contributed by atoms with Gasteiger partial charge in [-0.1, -0.05) is 29.3 Å². The van der Waals surface area contributed by atoms with Crippen LogP contribution in [0, 0.1) is 0 Å². The van der Waals surface area contributed by atoms with Crippen LogP contribution in [0.5, 0.6) is 0 Å². The van der Waals surface area contributed by atoms with Gasteiger partial charge in [0.2, 0.25) is 5.91 Å². The Bertz CT molecular complexity index is 758. The molecule has 0 aliphatic heterocycles. The molecule has 2 aromatic rings. The minimum atomic E-state index is -3.71. The maximum atomic E-state index is 12.1. The van der Waals surface area contributed by atoms with E-state index in [2.05, 4.69) is 5.32 Å². The number of sulfone groups is 1. The average molecular weight is 344 g/mol. The van der Waals surface area contributed by atoms with E-state index in [0.717, 1.165) is 0 Å². The van der Waals surface area contributed by atoms with Crippen molar-refractivity contribution >= 4 is 44.6 Å². The fourth-order valence-electron chi connectivity index (χ4n) is 1.66. The van der Waals surface area contributed by atoms with Crippen LogP contribution in [-0.2, 0) is 14.6 Å². The Labute approximate surface area is 132 Å². The second-order valence-corrected chi connectivity index (χ2v) is 7.13. The fraction of sp³-hybridized carbons (Fsp3) is 0.0714. The molecule has 4 nitrogen and oxygen atoms in total. The Hall–Kier alpha value is -1.56. The van der Waals surface area contributed by atoms with E-state index in [1.165, 1.54) is 30.3 Å². The van der Waals surface area contributed by atoms with Gasteiger partial charge < -0.3 is 5.32 Å². The van der Waals surface area contributed by atoms with Crippen molar-refractivity contribution in [3.05, 3.63) is 58.6 Å². The molecule has 21 heavy (non-hydrogen) atoms. The number of carbonyl (C=O) groups excluding carboxylic acids is 1. The number of rotatable bonds is 4. The Morgan fingerprint density at radius 2 is 1.67 bits per heavy atom. The molecular formula is C14H11Cl2NO3S. The normalized spacial score (nSPS) is 11.1. The van der Waals surface area contributed by atoms with Crippen molar-refractivity contribution in [2.45, 2.75) is 4.90 Å². The summed E-state index contributed by atoms with van der Waals surface area (Å²) in [7, 11) is -3.71. The van der Waals surface area contributed by atoms with Crippen molar-refractivity contribution in [3.63, 3.8) is 0 Å². The predicted octanol–water partition coefficient (Wildman–Crippen LogP) is 3.41. The molecule has 0 fully saturated rings. The van der Waals surface area contributed by atoms with Gasteiger partial charge in [-0.15, -0.1) is 0 Å². The highest BCUT2D eigenvalue weighted by Crippen LogP contribution is 2.17. The van der Waals surface area contributed by atoms with Crippen LogP contribution in [0.3, 0.4) is 0 Å². The first-order valence-corrected chi connectivity index (χ1v) is 8.31. The summed E-state index contributed by atoms with van der Waals surface area (Å²) < 4.78 is 24.2. The first kappa shape index (κ1) is 15.8. The molecule has 0 unspecified atom stereocenters. The molecule has 0 aromatic heterocycles. The summed E-state index contributed by atoms with van der Waals surface area (Å²) in [6.45, 7) is 0. The van der Waals surface area contributed by atoms with E-state index in [1.807, 2.05) is 0 Å². The van der Waals surface area contributed by atoms with E-state index in [9.17, 15) is 13.2 Å². The van der Waals surface area contributed by atoms with Gasteiger partial charge in [0.05, 0.1) is 4.90 Å². The third-order valence-electron chi connectivity index (χ3n) is 2.60. The van der Waals surface area contributed by atoms with Crippen molar-refractivity contribution in [2.75, 3.05) is 11.1 Å². The summed E-state index contributed by atoms with van der Waals surface area (Å²) in [4.78, 5) is 11.9. The molecule has 0 atom stereocenters. The van der Waals surface area contributed by atoms with Gasteiger partial charge in [-0.3, -0.25) is 4.79 Å². The van der Waals surface area contributed by atoms with Gasteiger partial charge in [-0.05, 0) is 42.5 Å². The molecular weight excluding hydrogens is 333 g/mol. The molecule has 0 aliphatic rings. The highest BCUT2D eigenvalue weighted by Gasteiger charge is 2.19. The molecule has 0 saturated carbocycles. The van der Waals surface area contributed by atoms with Crippen LogP contribution in [0.2, 0.25) is 10.0 Å². The summed E-state index contributed by atoms with van der Waals surface area (Å²) in [5.41, 5.74) is 0.443. The second-order valence-electron chi connectivity index (χ2n) is 4.27. The maximum absolute atomic E-state index is 12.1. The molecule has 0 aliphatic carbocycles. The van der Waals surface area contributed by atoms with Gasteiger partial charge in [0.15, 0.2) is 9.84 Å². The molecule has 1 N–H and O–H groups in total. The lowest BCUT2D eigenvalue weighted by molar-refractivity contribution is -0.113. The molecule has 1 amide bonds. The Kier molecular flexibility index (Phi) is 4.88. The Morgan fingerprint density at radius 1 is 1.00 bits per heavy atom. The van der Waals surface area contributed by atoms with Crippen molar-refractivity contribution in [3.8, 4) is 0 Å². The zero-order chi connectivity index (χ0) is 15.5. The van der Waals surface area contributed by atoms with Crippen molar-refractivity contribution in [1.82, 2.24) is 0 Å². The lowest BCUT2D eigenvalue weighted by atomic mass is 10.3. The van der Waals surface area contributed by atoms with Crippen LogP contribution in [0.15, 0.2) is 53.4 Å². The van der Waals surface area contributed by atoms with Crippen molar-refractivity contribution in [2.24, 2.45) is 0 Å². The first-order chi connectivity index (χ1) is 9.87. The number of amides is 1. The highest BCUT2D eigenvalue weighted by atomic mass is 35.5. The summed E-state index contributed by atoms with van der Waals surface area (Å²) in [5.74, 6) is -1.28. The van der Waals surface area contributed by atoms with E-state index < -0.39 is 21.5 Å². The summed E-state index contributed by atoms with van der Waals surface area (Å²) in [5, 5.41) is 3.37. The largest absolute Gasteiger partial charge is 0.325 e. The van der Waals surface area contributed by atoms with Gasteiger partial charge in [0.1, 0.15) is 5.75 Å². The smallest absolute Gasteiger partial charge is 0.239 e. The lowest BCUT2D eigenvalue weighted by Gasteiger charge is -2.07. The molecule has 0 spiro atoms. The van der Waals surface area contributed by atoms with Gasteiger partial charge in [0.25, 0.3) is 0 Å². The van der Waals surface area contributed by atoms with Crippen LogP contribution in [0.1, 0.15) is 0 Å². The number of anilines is 1. The minimum absolute atomic E-state index is 0.0492. The van der Waals surface area contributed by atoms with Gasteiger partial charge in [-0.25, -0.2) is 8.42 Å². The summed E-state index contributed by atoms with van der Waals surface area (Å²) in [6.07, 6.45) is 0. The standard InChI is InChI=1S/C14H11Cl2NO3S/c15-10-4-6-13(7-5-10)21(19,20)9-14(18)17-12-3-1-2-11(16)8-12/h1-8H,9H2,(H,17,18). The molecule has 0 saturated heterocycles. The third kappa shape index (κ3) is 4.46. The number of hydrogen-bond acceptors (Lipinski definition) is 3. The van der Waals surface area contributed by atoms with Crippen LogP contribution < -0.4 is 5.32 Å². The van der Waals surface area contributed by atoms with Gasteiger partial charge in [-0.2, -0.15) is 0 Å². The molecule has 0 heterocycles. The van der Waals surface area contributed by atoms with E-state index >= 15 is 0 Å². The van der Waals surface area contributed by atoms with Gasteiger partial charge in [0, 0.05) is 15.7 Å². The summed E-state index contributed by atoms with van der Waals surface area (Å²) >= 11 is 11.5. The van der Waals surface area contributed by atoms with E-state index in [0.29, 0.717) is 15.7 Å². The first-order valence-electron chi connectivity index (χ1n) is 5.90. The quantitative estimate of drug-likeness (QED) is 0.925. The number of halogens is 2. The average Bonchev–Trinajstić information content (AvgIpc) is 2.38. The SMILES string of the molecule is O=C(CS(=O)(=O)c1ccc(Cl)cc1)Nc1cccc(Cl)c1. The molecule has 7 heteroatoms. The van der Waals surface area contributed by atoms with Crippen LogP contribution in [-0.4, -0.2) is 20.1 Å². The van der Waals surface area contributed by atoms with Crippen LogP contribution >= 0.6 is 23.2 Å². The molecule has 0 bridgehead atoms. The Morgan fingerprint density at radius 3 is 2.29 bits per heavy atom. The van der Waals surface area contributed by atoms with Crippen LogP contribution in [0.4, 0.5) is 5.69 Å². The summed E-state index contributed by atoms with van der Waals surface area (Å²) in [6, 6.07) is 12.1.